The highest BCUT2D eigenvalue weighted by molar-refractivity contribution is 6.00. The van der Waals surface area contributed by atoms with Crippen molar-refractivity contribution in [2.24, 2.45) is 10.7 Å². The summed E-state index contributed by atoms with van der Waals surface area (Å²) in [5.41, 5.74) is 8.88. The van der Waals surface area contributed by atoms with Crippen molar-refractivity contribution in [3.05, 3.63) is 65.6 Å². The highest BCUT2D eigenvalue weighted by Gasteiger charge is 2.16. The summed E-state index contributed by atoms with van der Waals surface area (Å²) in [6.45, 7) is 0.551. The van der Waals surface area contributed by atoms with E-state index in [1.54, 1.807) is 42.7 Å². The Kier molecular flexibility index (Phi) is 3.98. The largest absolute Gasteiger partial charge is 0.454 e. The highest BCUT2D eigenvalue weighted by Crippen LogP contribution is 2.34. The van der Waals surface area contributed by atoms with E-state index in [4.69, 9.17) is 19.6 Å². The molecule has 29 heavy (non-hydrogen) atoms. The lowest BCUT2D eigenvalue weighted by atomic mass is 10.2. The highest BCUT2D eigenvalue weighted by atomic mass is 16.7. The molecule has 5 rings (SSSR count). The molecule has 0 saturated heterocycles. The molecular formula is C20H17N5O4. The van der Waals surface area contributed by atoms with Gasteiger partial charge in [-0.25, -0.2) is 9.79 Å². The van der Waals surface area contributed by atoms with E-state index in [0.717, 1.165) is 10.9 Å². The van der Waals surface area contributed by atoms with Gasteiger partial charge in [0.15, 0.2) is 11.5 Å². The zero-order chi connectivity index (χ0) is 19.8. The van der Waals surface area contributed by atoms with Crippen LogP contribution in [0.3, 0.4) is 0 Å². The quantitative estimate of drug-likeness (QED) is 0.627. The summed E-state index contributed by atoms with van der Waals surface area (Å²) >= 11 is 0. The molecule has 2 aliphatic heterocycles. The van der Waals surface area contributed by atoms with Crippen LogP contribution in [0.4, 0.5) is 21.9 Å². The van der Waals surface area contributed by atoms with Gasteiger partial charge in [-0.3, -0.25) is 0 Å². The number of rotatable bonds is 3. The molecule has 0 spiro atoms. The number of amides is 2. The minimum Gasteiger partial charge on any atom is -0.454 e. The van der Waals surface area contributed by atoms with Crippen molar-refractivity contribution >= 4 is 28.9 Å². The number of ether oxygens (including phenoxy) is 2. The van der Waals surface area contributed by atoms with Crippen LogP contribution < -0.4 is 41.5 Å². The maximum Gasteiger partial charge on any atom is 0.323 e. The molecule has 1 aromatic heterocycles. The summed E-state index contributed by atoms with van der Waals surface area (Å²) in [4.78, 5) is 18.5. The Labute approximate surface area is 165 Å². The zero-order valence-electron chi connectivity index (χ0n) is 15.2. The molecule has 9 nitrogen and oxygen atoms in total. The number of anilines is 3. The van der Waals surface area contributed by atoms with Crippen LogP contribution in [0.2, 0.25) is 0 Å². The number of hydrogen-bond donors (Lipinski definition) is 3. The summed E-state index contributed by atoms with van der Waals surface area (Å²) < 4.78 is 15.9. The molecule has 2 aliphatic rings. The molecule has 3 aromatic rings. The summed E-state index contributed by atoms with van der Waals surface area (Å²) in [6, 6.07) is 14.0. The van der Waals surface area contributed by atoms with Gasteiger partial charge in [-0.15, -0.1) is 0 Å². The van der Waals surface area contributed by atoms with Crippen LogP contribution in [0.1, 0.15) is 0 Å². The van der Waals surface area contributed by atoms with Gasteiger partial charge in [-0.05, 0) is 42.5 Å². The minimum atomic E-state index is -0.362. The predicted molar refractivity (Wildman–Crippen MR) is 106 cm³/mol. The summed E-state index contributed by atoms with van der Waals surface area (Å²) in [5, 5.41) is 6.33. The van der Waals surface area contributed by atoms with E-state index in [1.165, 1.54) is 0 Å². The number of urea groups is 1. The van der Waals surface area contributed by atoms with Crippen LogP contribution >= 0.6 is 0 Å². The molecule has 2 aromatic carbocycles. The fraction of sp³-hybridized carbons (Fsp3) is 0.100. The Hall–Kier alpha value is -4.14. The van der Waals surface area contributed by atoms with E-state index < -0.39 is 0 Å². The monoisotopic (exact) mass is 391 g/mol. The number of benzene rings is 2. The first-order valence-electron chi connectivity index (χ1n) is 8.90. The lowest BCUT2D eigenvalue weighted by molar-refractivity contribution is 0.174. The van der Waals surface area contributed by atoms with E-state index >= 15 is 0 Å². The van der Waals surface area contributed by atoms with E-state index in [9.17, 15) is 4.79 Å². The number of hydrogen-bond acceptors (Lipinski definition) is 7. The Morgan fingerprint density at radius 2 is 1.76 bits per heavy atom. The summed E-state index contributed by atoms with van der Waals surface area (Å²) in [6.07, 6.45) is 1.57. The molecule has 0 fully saturated rings. The van der Waals surface area contributed by atoms with E-state index in [0.29, 0.717) is 40.9 Å². The number of carbonyl (C=O) groups excluding carboxylic acids is 1. The van der Waals surface area contributed by atoms with Gasteiger partial charge in [0.2, 0.25) is 12.3 Å². The number of furan rings is 1. The first-order chi connectivity index (χ1) is 14.2. The van der Waals surface area contributed by atoms with Gasteiger partial charge in [-0.2, -0.15) is 0 Å². The van der Waals surface area contributed by atoms with Gasteiger partial charge in [0.25, 0.3) is 0 Å². The van der Waals surface area contributed by atoms with Crippen LogP contribution in [0.25, 0.3) is 5.82 Å². The molecule has 4 N–H and O–H groups in total. The first kappa shape index (κ1) is 17.0. The normalized spacial score (nSPS) is 14.2. The van der Waals surface area contributed by atoms with Gasteiger partial charge in [0.1, 0.15) is 12.5 Å². The third-order valence-corrected chi connectivity index (χ3v) is 4.63. The Bertz CT molecular complexity index is 1200. The molecule has 0 radical (unpaired) electrons. The first-order valence-corrected chi connectivity index (χ1v) is 8.90. The Morgan fingerprint density at radius 3 is 2.62 bits per heavy atom. The second-order valence-corrected chi connectivity index (χ2v) is 6.45. The molecule has 9 heteroatoms. The third-order valence-electron chi connectivity index (χ3n) is 4.63. The average molecular weight is 391 g/mol. The maximum absolute atomic E-state index is 12.3. The smallest absolute Gasteiger partial charge is 0.323 e. The zero-order valence-corrected chi connectivity index (χ0v) is 15.2. The van der Waals surface area contributed by atoms with Crippen molar-refractivity contribution in [3.8, 4) is 11.5 Å². The van der Waals surface area contributed by atoms with Gasteiger partial charge in [-0.1, -0.05) is 0 Å². The molecule has 0 aliphatic carbocycles. The minimum absolute atomic E-state index is 0.186. The lowest BCUT2D eigenvalue weighted by Crippen LogP contribution is -2.42. The standard InChI is InChI=1S/C20H17N5O4/c21-18-15-7-8-27-19(15)22-10-25(18)14-4-1-12(2-5-14)23-20(26)24-13-3-6-16-17(9-13)29-11-28-16/h1-9H,10-11,21H2,(H2,23,24,26). The lowest BCUT2D eigenvalue weighted by Gasteiger charge is -2.24. The number of fused-ring (bicyclic) bond motifs is 2. The van der Waals surface area contributed by atoms with E-state index in [2.05, 4.69) is 15.6 Å². The van der Waals surface area contributed by atoms with Crippen molar-refractivity contribution in [2.75, 3.05) is 29.0 Å². The summed E-state index contributed by atoms with van der Waals surface area (Å²) in [5.74, 6) is 1.84. The SMILES string of the molecule is NC1=c2ccoc2=NCN1c1ccc(NC(=O)Nc2ccc3c(c2)OCO3)cc1. The Morgan fingerprint density at radius 1 is 1.00 bits per heavy atom. The van der Waals surface area contributed by atoms with Crippen LogP contribution in [-0.2, 0) is 0 Å². The van der Waals surface area contributed by atoms with Crippen LogP contribution in [0.5, 0.6) is 11.5 Å². The molecule has 3 heterocycles. The molecule has 146 valence electrons. The van der Waals surface area contributed by atoms with Crippen LogP contribution in [-0.4, -0.2) is 19.5 Å². The summed E-state index contributed by atoms with van der Waals surface area (Å²) in [7, 11) is 0. The van der Waals surface area contributed by atoms with Crippen molar-refractivity contribution in [2.45, 2.75) is 0 Å². The third kappa shape index (κ3) is 3.18. The van der Waals surface area contributed by atoms with Gasteiger partial charge in [0, 0.05) is 23.1 Å². The fourth-order valence-electron chi connectivity index (χ4n) is 3.19. The van der Waals surface area contributed by atoms with Crippen molar-refractivity contribution in [3.63, 3.8) is 0 Å². The Balaban J connectivity index is 1.27. The predicted octanol–water partition coefficient (Wildman–Crippen LogP) is 1.77. The maximum atomic E-state index is 12.3. The topological polar surface area (TPSA) is 114 Å². The van der Waals surface area contributed by atoms with Crippen molar-refractivity contribution in [1.29, 1.82) is 0 Å². The molecular weight excluding hydrogens is 374 g/mol. The average Bonchev–Trinajstić information content (AvgIpc) is 3.38. The van der Waals surface area contributed by atoms with Gasteiger partial charge in [0.05, 0.1) is 11.5 Å². The molecule has 0 bridgehead atoms. The molecule has 0 unspecified atom stereocenters. The second kappa shape index (κ2) is 6.79. The number of nitrogens with one attached hydrogen (secondary N) is 2. The number of carbonyl (C=O) groups is 1. The number of nitrogens with two attached hydrogens (primary N) is 1. The van der Waals surface area contributed by atoms with E-state index in [1.807, 2.05) is 17.0 Å². The van der Waals surface area contributed by atoms with Crippen molar-refractivity contribution < 1.29 is 18.7 Å². The van der Waals surface area contributed by atoms with Crippen LogP contribution in [0.15, 0.2) is 64.2 Å². The van der Waals surface area contributed by atoms with Crippen molar-refractivity contribution in [1.82, 2.24) is 0 Å². The van der Waals surface area contributed by atoms with Gasteiger partial charge >= 0.3 is 6.03 Å². The van der Waals surface area contributed by atoms with Gasteiger partial charge < -0.3 is 35.2 Å². The molecule has 0 saturated carbocycles. The molecule has 0 atom stereocenters. The van der Waals surface area contributed by atoms with Crippen LogP contribution in [0, 0.1) is 0 Å². The number of nitrogens with zero attached hydrogens (tertiary/aromatic N) is 2. The second-order valence-electron chi connectivity index (χ2n) is 6.45. The van der Waals surface area contributed by atoms with E-state index in [-0.39, 0.29) is 12.8 Å². The fourth-order valence-corrected chi connectivity index (χ4v) is 3.19. The molecule has 2 amide bonds.